The fourth-order valence-corrected chi connectivity index (χ4v) is 3.29. The SMILES string of the molecule is O=C(CN1CCC(C(=O)NCc2ccco2)CC1)Nc1ccc(Br)cc1. The van der Waals surface area contributed by atoms with Crippen LogP contribution in [0.15, 0.2) is 51.6 Å². The van der Waals surface area contributed by atoms with Gasteiger partial charge in [-0.25, -0.2) is 0 Å². The van der Waals surface area contributed by atoms with Crippen LogP contribution >= 0.6 is 15.9 Å². The Labute approximate surface area is 161 Å². The molecule has 1 aliphatic heterocycles. The van der Waals surface area contributed by atoms with E-state index in [1.165, 1.54) is 0 Å². The third-order valence-corrected chi connectivity index (χ3v) is 5.00. The van der Waals surface area contributed by atoms with Crippen molar-refractivity contribution in [2.24, 2.45) is 5.92 Å². The second-order valence-electron chi connectivity index (χ2n) is 6.40. The van der Waals surface area contributed by atoms with Crippen LogP contribution in [0.1, 0.15) is 18.6 Å². The summed E-state index contributed by atoms with van der Waals surface area (Å²) < 4.78 is 6.19. The second-order valence-corrected chi connectivity index (χ2v) is 7.32. The van der Waals surface area contributed by atoms with Gasteiger partial charge in [-0.1, -0.05) is 15.9 Å². The highest BCUT2D eigenvalue weighted by Gasteiger charge is 2.25. The zero-order chi connectivity index (χ0) is 18.4. The number of carbonyl (C=O) groups excluding carboxylic acids is 2. The summed E-state index contributed by atoms with van der Waals surface area (Å²) in [6, 6.07) is 11.1. The van der Waals surface area contributed by atoms with E-state index < -0.39 is 0 Å². The summed E-state index contributed by atoms with van der Waals surface area (Å²) in [7, 11) is 0. The van der Waals surface area contributed by atoms with Crippen LogP contribution in [0.4, 0.5) is 5.69 Å². The number of amides is 2. The third kappa shape index (κ3) is 5.44. The van der Waals surface area contributed by atoms with Gasteiger partial charge in [-0.3, -0.25) is 14.5 Å². The number of carbonyl (C=O) groups is 2. The maximum Gasteiger partial charge on any atom is 0.238 e. The number of likely N-dealkylation sites (tertiary alicyclic amines) is 1. The molecule has 1 fully saturated rings. The molecule has 0 saturated carbocycles. The van der Waals surface area contributed by atoms with Gasteiger partial charge < -0.3 is 15.1 Å². The van der Waals surface area contributed by atoms with Crippen LogP contribution in [0.2, 0.25) is 0 Å². The predicted molar refractivity (Wildman–Crippen MR) is 102 cm³/mol. The Balaban J connectivity index is 1.38. The lowest BCUT2D eigenvalue weighted by Crippen LogP contribution is -2.43. The van der Waals surface area contributed by atoms with E-state index in [4.69, 9.17) is 4.42 Å². The van der Waals surface area contributed by atoms with Crippen LogP contribution in [-0.4, -0.2) is 36.3 Å². The van der Waals surface area contributed by atoms with Gasteiger partial charge in [0.05, 0.1) is 19.4 Å². The molecule has 0 bridgehead atoms. The quantitative estimate of drug-likeness (QED) is 0.754. The van der Waals surface area contributed by atoms with Crippen molar-refractivity contribution in [2.45, 2.75) is 19.4 Å². The summed E-state index contributed by atoms with van der Waals surface area (Å²) in [5.74, 6) is 0.768. The number of nitrogens with one attached hydrogen (secondary N) is 2. The molecule has 1 aromatic carbocycles. The highest BCUT2D eigenvalue weighted by Crippen LogP contribution is 2.18. The molecule has 2 amide bonds. The summed E-state index contributed by atoms with van der Waals surface area (Å²) in [5, 5.41) is 5.81. The molecular formula is C19H22BrN3O3. The summed E-state index contributed by atoms with van der Waals surface area (Å²) in [6.45, 7) is 2.25. The summed E-state index contributed by atoms with van der Waals surface area (Å²) in [4.78, 5) is 26.5. The number of piperidine rings is 1. The van der Waals surface area contributed by atoms with E-state index in [-0.39, 0.29) is 17.7 Å². The van der Waals surface area contributed by atoms with Crippen molar-refractivity contribution >= 4 is 33.4 Å². The van der Waals surface area contributed by atoms with E-state index in [0.717, 1.165) is 41.9 Å². The molecule has 0 radical (unpaired) electrons. The van der Waals surface area contributed by atoms with Crippen LogP contribution < -0.4 is 10.6 Å². The molecule has 2 heterocycles. The van der Waals surface area contributed by atoms with Crippen molar-refractivity contribution in [1.29, 1.82) is 0 Å². The van der Waals surface area contributed by atoms with Gasteiger partial charge in [-0.2, -0.15) is 0 Å². The molecule has 0 aliphatic carbocycles. The minimum Gasteiger partial charge on any atom is -0.467 e. The zero-order valence-electron chi connectivity index (χ0n) is 14.4. The van der Waals surface area contributed by atoms with Crippen LogP contribution in [0.25, 0.3) is 0 Å². The molecule has 6 nitrogen and oxygen atoms in total. The molecule has 0 atom stereocenters. The number of hydrogen-bond donors (Lipinski definition) is 2. The molecule has 0 unspecified atom stereocenters. The summed E-state index contributed by atoms with van der Waals surface area (Å²) in [6.07, 6.45) is 3.12. The molecular weight excluding hydrogens is 398 g/mol. The lowest BCUT2D eigenvalue weighted by molar-refractivity contribution is -0.126. The topological polar surface area (TPSA) is 74.6 Å². The van der Waals surface area contributed by atoms with Crippen molar-refractivity contribution in [3.05, 3.63) is 52.9 Å². The average molecular weight is 420 g/mol. The van der Waals surface area contributed by atoms with E-state index in [1.807, 2.05) is 30.3 Å². The number of furan rings is 1. The minimum atomic E-state index is -0.0342. The van der Waals surface area contributed by atoms with E-state index in [1.54, 1.807) is 12.3 Å². The van der Waals surface area contributed by atoms with Crippen molar-refractivity contribution in [3.63, 3.8) is 0 Å². The summed E-state index contributed by atoms with van der Waals surface area (Å²) in [5.41, 5.74) is 0.783. The number of rotatable bonds is 6. The lowest BCUT2D eigenvalue weighted by Gasteiger charge is -2.30. The van der Waals surface area contributed by atoms with Gasteiger partial charge in [-0.05, 0) is 62.3 Å². The molecule has 1 saturated heterocycles. The molecule has 138 valence electrons. The number of halogens is 1. The highest BCUT2D eigenvalue weighted by molar-refractivity contribution is 9.10. The Bertz CT molecular complexity index is 723. The zero-order valence-corrected chi connectivity index (χ0v) is 16.0. The van der Waals surface area contributed by atoms with E-state index in [0.29, 0.717) is 13.1 Å². The van der Waals surface area contributed by atoms with Crippen LogP contribution in [0.5, 0.6) is 0 Å². The molecule has 1 aromatic heterocycles. The smallest absolute Gasteiger partial charge is 0.238 e. The Morgan fingerprint density at radius 3 is 2.54 bits per heavy atom. The van der Waals surface area contributed by atoms with Crippen molar-refractivity contribution < 1.29 is 14.0 Å². The predicted octanol–water partition coefficient (Wildman–Crippen LogP) is 3.01. The van der Waals surface area contributed by atoms with Crippen LogP contribution in [-0.2, 0) is 16.1 Å². The first-order valence-electron chi connectivity index (χ1n) is 8.68. The Hall–Kier alpha value is -2.12. The van der Waals surface area contributed by atoms with Gasteiger partial charge in [0, 0.05) is 16.1 Å². The molecule has 26 heavy (non-hydrogen) atoms. The van der Waals surface area contributed by atoms with E-state index in [2.05, 4.69) is 31.5 Å². The normalized spacial score (nSPS) is 15.6. The number of benzene rings is 1. The number of hydrogen-bond acceptors (Lipinski definition) is 4. The van der Waals surface area contributed by atoms with Crippen molar-refractivity contribution in [3.8, 4) is 0 Å². The molecule has 7 heteroatoms. The van der Waals surface area contributed by atoms with Crippen molar-refractivity contribution in [1.82, 2.24) is 10.2 Å². The van der Waals surface area contributed by atoms with Gasteiger partial charge in [0.25, 0.3) is 0 Å². The molecule has 0 spiro atoms. The molecule has 3 rings (SSSR count). The monoisotopic (exact) mass is 419 g/mol. The maximum atomic E-state index is 12.2. The first-order chi connectivity index (χ1) is 12.6. The fourth-order valence-electron chi connectivity index (χ4n) is 3.02. The third-order valence-electron chi connectivity index (χ3n) is 4.47. The summed E-state index contributed by atoms with van der Waals surface area (Å²) >= 11 is 3.37. The van der Waals surface area contributed by atoms with Gasteiger partial charge in [0.2, 0.25) is 11.8 Å². The van der Waals surface area contributed by atoms with Gasteiger partial charge in [0.1, 0.15) is 5.76 Å². The Morgan fingerprint density at radius 2 is 1.88 bits per heavy atom. The van der Waals surface area contributed by atoms with Crippen LogP contribution in [0.3, 0.4) is 0 Å². The van der Waals surface area contributed by atoms with Gasteiger partial charge >= 0.3 is 0 Å². The average Bonchev–Trinajstić information content (AvgIpc) is 3.16. The van der Waals surface area contributed by atoms with Crippen molar-refractivity contribution in [2.75, 3.05) is 25.0 Å². The number of anilines is 1. The van der Waals surface area contributed by atoms with E-state index >= 15 is 0 Å². The maximum absolute atomic E-state index is 12.2. The Kier molecular flexibility index (Phi) is 6.46. The van der Waals surface area contributed by atoms with Gasteiger partial charge in [-0.15, -0.1) is 0 Å². The van der Waals surface area contributed by atoms with E-state index in [9.17, 15) is 9.59 Å². The number of nitrogens with zero attached hydrogens (tertiary/aromatic N) is 1. The first kappa shape index (κ1) is 18.7. The fraction of sp³-hybridized carbons (Fsp3) is 0.368. The first-order valence-corrected chi connectivity index (χ1v) is 9.47. The lowest BCUT2D eigenvalue weighted by atomic mass is 9.96. The Morgan fingerprint density at radius 1 is 1.15 bits per heavy atom. The van der Waals surface area contributed by atoms with Gasteiger partial charge in [0.15, 0.2) is 0 Å². The largest absolute Gasteiger partial charge is 0.467 e. The highest BCUT2D eigenvalue weighted by atomic mass is 79.9. The minimum absolute atomic E-state index is 0.00394. The standard InChI is InChI=1S/C19H22BrN3O3/c20-15-3-5-16(6-4-15)22-18(24)13-23-9-7-14(8-10-23)19(25)21-12-17-2-1-11-26-17/h1-6,11,14H,7-10,12-13H2,(H,21,25)(H,22,24). The van der Waals surface area contributed by atoms with Crippen LogP contribution in [0, 0.1) is 5.92 Å². The second kappa shape index (κ2) is 9.00. The molecule has 1 aliphatic rings. The molecule has 2 aromatic rings. The molecule has 2 N–H and O–H groups in total.